The lowest BCUT2D eigenvalue weighted by Crippen LogP contribution is -2.56. The minimum absolute atomic E-state index is 0.0401. The normalized spacial score (nSPS) is 23.7. The highest BCUT2D eigenvalue weighted by Crippen LogP contribution is 2.40. The highest BCUT2D eigenvalue weighted by Gasteiger charge is 2.61. The zero-order valence-electron chi connectivity index (χ0n) is 11.1. The third kappa shape index (κ3) is 2.17. The average Bonchev–Trinajstić information content (AvgIpc) is 2.89. The van der Waals surface area contributed by atoms with E-state index in [4.69, 9.17) is 9.47 Å². The van der Waals surface area contributed by atoms with Crippen LogP contribution < -0.4 is 9.47 Å². The van der Waals surface area contributed by atoms with Gasteiger partial charge in [-0.25, -0.2) is 0 Å². The molecule has 3 rings (SSSR count). The van der Waals surface area contributed by atoms with Crippen molar-refractivity contribution in [2.24, 2.45) is 5.10 Å². The number of ether oxygens (including phenoxy) is 2. The fourth-order valence-corrected chi connectivity index (χ4v) is 2.19. The van der Waals surface area contributed by atoms with Crippen LogP contribution in [0.15, 0.2) is 23.3 Å². The van der Waals surface area contributed by atoms with Crippen LogP contribution in [0.2, 0.25) is 0 Å². The van der Waals surface area contributed by atoms with E-state index in [0.29, 0.717) is 12.4 Å². The van der Waals surface area contributed by atoms with E-state index in [1.807, 2.05) is 0 Å². The van der Waals surface area contributed by atoms with E-state index in [1.165, 1.54) is 18.2 Å². The van der Waals surface area contributed by atoms with Crippen LogP contribution in [0.4, 0.5) is 13.2 Å². The van der Waals surface area contributed by atoms with Crippen LogP contribution in [0.3, 0.4) is 0 Å². The van der Waals surface area contributed by atoms with Crippen LogP contribution in [0.1, 0.15) is 16.8 Å². The molecule has 0 radical (unpaired) electrons. The van der Waals surface area contributed by atoms with Gasteiger partial charge in [0.05, 0.1) is 0 Å². The molecular formula is C13H11F3N2O4. The number of rotatable bonds is 1. The second-order valence-electron chi connectivity index (χ2n) is 4.79. The predicted octanol–water partition coefficient (Wildman–Crippen LogP) is 1.54. The Hall–Kier alpha value is -2.29. The molecule has 0 saturated heterocycles. The summed E-state index contributed by atoms with van der Waals surface area (Å²) >= 11 is 0. The van der Waals surface area contributed by atoms with Gasteiger partial charge in [0.2, 0.25) is 0 Å². The Balaban J connectivity index is 1.92. The first-order chi connectivity index (χ1) is 10.3. The molecule has 1 unspecified atom stereocenters. The molecule has 1 N–H and O–H groups in total. The number of hydrogen-bond donors (Lipinski definition) is 1. The summed E-state index contributed by atoms with van der Waals surface area (Å²) in [4.78, 5) is 12.3. The topological polar surface area (TPSA) is 71.4 Å². The molecule has 0 fully saturated rings. The van der Waals surface area contributed by atoms with Crippen LogP contribution in [0, 0.1) is 0 Å². The summed E-state index contributed by atoms with van der Waals surface area (Å²) in [5.41, 5.74) is -3.43. The van der Waals surface area contributed by atoms with Crippen molar-refractivity contribution >= 4 is 12.1 Å². The van der Waals surface area contributed by atoms with Gasteiger partial charge in [-0.3, -0.25) is 4.79 Å². The Bertz CT molecular complexity index is 647. The summed E-state index contributed by atoms with van der Waals surface area (Å²) in [6, 6.07) is 3.98. The highest BCUT2D eigenvalue weighted by atomic mass is 19.4. The number of nitrogens with zero attached hydrogens (tertiary/aromatic N) is 2. The summed E-state index contributed by atoms with van der Waals surface area (Å²) < 4.78 is 49.5. The van der Waals surface area contributed by atoms with Gasteiger partial charge in [0.25, 0.3) is 11.6 Å². The van der Waals surface area contributed by atoms with Crippen LogP contribution in [0.25, 0.3) is 0 Å². The van der Waals surface area contributed by atoms with Crippen molar-refractivity contribution < 1.29 is 32.5 Å². The number of carbonyl (C=O) groups excluding carboxylic acids is 1. The molecule has 1 aromatic rings. The number of halogens is 3. The Morgan fingerprint density at radius 2 is 1.95 bits per heavy atom. The maximum absolute atomic E-state index is 13.0. The van der Waals surface area contributed by atoms with E-state index >= 15 is 0 Å². The first kappa shape index (κ1) is 14.6. The van der Waals surface area contributed by atoms with E-state index in [2.05, 4.69) is 5.10 Å². The lowest BCUT2D eigenvalue weighted by molar-refractivity contribution is -0.297. The molecule has 0 bridgehead atoms. The van der Waals surface area contributed by atoms with Gasteiger partial charge in [0, 0.05) is 18.2 Å². The number of fused-ring (bicyclic) bond motifs is 1. The number of carbonyl (C=O) groups is 1. The SMILES string of the molecule is O=C(c1ccc2c(c1)OCCO2)N1N=CCC1(O)C(F)(F)F. The maximum atomic E-state index is 13.0. The molecule has 2 aliphatic heterocycles. The van der Waals surface area contributed by atoms with Crippen molar-refractivity contribution in [2.45, 2.75) is 18.3 Å². The first-order valence-electron chi connectivity index (χ1n) is 6.39. The summed E-state index contributed by atoms with van der Waals surface area (Å²) in [5.74, 6) is -0.417. The van der Waals surface area contributed by atoms with Gasteiger partial charge in [0.15, 0.2) is 11.5 Å². The van der Waals surface area contributed by atoms with Crippen molar-refractivity contribution in [3.63, 3.8) is 0 Å². The smallest absolute Gasteiger partial charge is 0.438 e. The molecule has 1 aromatic carbocycles. The number of amides is 1. The highest BCUT2D eigenvalue weighted by molar-refractivity contribution is 5.96. The van der Waals surface area contributed by atoms with Gasteiger partial charge in [-0.1, -0.05) is 0 Å². The molecule has 118 valence electrons. The minimum Gasteiger partial charge on any atom is -0.486 e. The maximum Gasteiger partial charge on any atom is 0.438 e. The Kier molecular flexibility index (Phi) is 3.24. The standard InChI is InChI=1S/C13H11F3N2O4/c14-13(15,16)12(20)3-4-17-18(12)11(19)8-1-2-9-10(7-8)22-6-5-21-9/h1-2,4,7,20H,3,5-6H2. The van der Waals surface area contributed by atoms with Crippen molar-refractivity contribution in [3.8, 4) is 11.5 Å². The zero-order chi connectivity index (χ0) is 16.0. The Labute approximate surface area is 122 Å². The monoisotopic (exact) mass is 316 g/mol. The fourth-order valence-electron chi connectivity index (χ4n) is 2.19. The number of hydrogen-bond acceptors (Lipinski definition) is 5. The molecule has 6 nitrogen and oxygen atoms in total. The van der Waals surface area contributed by atoms with Crippen molar-refractivity contribution in [2.75, 3.05) is 13.2 Å². The molecule has 2 aliphatic rings. The number of alkyl halides is 3. The molecule has 22 heavy (non-hydrogen) atoms. The van der Waals surface area contributed by atoms with E-state index < -0.39 is 24.2 Å². The minimum atomic E-state index is -5.02. The largest absolute Gasteiger partial charge is 0.486 e. The van der Waals surface area contributed by atoms with Gasteiger partial charge in [-0.15, -0.1) is 0 Å². The molecule has 9 heteroatoms. The van der Waals surface area contributed by atoms with Gasteiger partial charge in [-0.05, 0) is 18.2 Å². The van der Waals surface area contributed by atoms with Gasteiger partial charge >= 0.3 is 6.18 Å². The second-order valence-corrected chi connectivity index (χ2v) is 4.79. The first-order valence-corrected chi connectivity index (χ1v) is 6.39. The summed E-state index contributed by atoms with van der Waals surface area (Å²) in [7, 11) is 0. The quantitative estimate of drug-likeness (QED) is 0.853. The van der Waals surface area contributed by atoms with Crippen LogP contribution >= 0.6 is 0 Å². The van der Waals surface area contributed by atoms with E-state index in [-0.39, 0.29) is 22.9 Å². The number of aliphatic hydroxyl groups is 1. The lowest BCUT2D eigenvalue weighted by atomic mass is 10.1. The zero-order valence-corrected chi connectivity index (χ0v) is 11.1. The van der Waals surface area contributed by atoms with Gasteiger partial charge in [0.1, 0.15) is 13.2 Å². The molecule has 0 saturated carbocycles. The third-order valence-corrected chi connectivity index (χ3v) is 3.36. The van der Waals surface area contributed by atoms with Gasteiger partial charge in [-0.2, -0.15) is 23.3 Å². The van der Waals surface area contributed by atoms with Crippen LogP contribution in [-0.2, 0) is 0 Å². The van der Waals surface area contributed by atoms with Crippen molar-refractivity contribution in [1.82, 2.24) is 5.01 Å². The van der Waals surface area contributed by atoms with Gasteiger partial charge < -0.3 is 14.6 Å². The average molecular weight is 316 g/mol. The van der Waals surface area contributed by atoms with Crippen molar-refractivity contribution in [1.29, 1.82) is 0 Å². The number of hydrazone groups is 1. The lowest BCUT2D eigenvalue weighted by Gasteiger charge is -2.32. The van der Waals surface area contributed by atoms with Crippen LogP contribution in [0.5, 0.6) is 11.5 Å². The van der Waals surface area contributed by atoms with E-state index in [0.717, 1.165) is 6.21 Å². The van der Waals surface area contributed by atoms with E-state index in [1.54, 1.807) is 0 Å². The third-order valence-electron chi connectivity index (χ3n) is 3.36. The Morgan fingerprint density at radius 1 is 1.27 bits per heavy atom. The fraction of sp³-hybridized carbons (Fsp3) is 0.385. The molecule has 0 aliphatic carbocycles. The van der Waals surface area contributed by atoms with Crippen LogP contribution in [-0.4, -0.2) is 47.4 Å². The molecule has 1 atom stereocenters. The van der Waals surface area contributed by atoms with Crippen molar-refractivity contribution in [3.05, 3.63) is 23.8 Å². The summed E-state index contributed by atoms with van der Waals surface area (Å²) in [6.45, 7) is 0.629. The molecule has 2 heterocycles. The van der Waals surface area contributed by atoms with E-state index in [9.17, 15) is 23.1 Å². The predicted molar refractivity (Wildman–Crippen MR) is 67.7 cm³/mol. The summed E-state index contributed by atoms with van der Waals surface area (Å²) in [6.07, 6.45) is -4.98. The molecular weight excluding hydrogens is 305 g/mol. The summed E-state index contributed by atoms with van der Waals surface area (Å²) in [5, 5.41) is 13.2. The second kappa shape index (κ2) is 4.87. The molecule has 0 aromatic heterocycles. The Morgan fingerprint density at radius 3 is 2.64 bits per heavy atom. The molecule has 0 spiro atoms. The molecule has 1 amide bonds. The number of benzene rings is 1.